The van der Waals surface area contributed by atoms with E-state index >= 15 is 0 Å². The molecule has 0 N–H and O–H groups in total. The molecule has 0 aliphatic heterocycles. The number of rotatable bonds is 5. The van der Waals surface area contributed by atoms with Crippen LogP contribution in [0.25, 0.3) is 10.9 Å². The van der Waals surface area contributed by atoms with E-state index < -0.39 is 0 Å². The Morgan fingerprint density at radius 3 is 2.89 bits per heavy atom. The van der Waals surface area contributed by atoms with E-state index in [1.165, 1.54) is 6.33 Å². The van der Waals surface area contributed by atoms with Gasteiger partial charge in [0, 0.05) is 16.0 Å². The molecule has 0 saturated heterocycles. The second-order valence-corrected chi connectivity index (χ2v) is 5.22. The van der Waals surface area contributed by atoms with Crippen LogP contribution in [0.3, 0.4) is 0 Å². The molecular formula is C15H13ClN2S. The average molecular weight is 289 g/mol. The van der Waals surface area contributed by atoms with E-state index in [4.69, 9.17) is 11.6 Å². The van der Waals surface area contributed by atoms with Gasteiger partial charge in [0.2, 0.25) is 0 Å². The summed E-state index contributed by atoms with van der Waals surface area (Å²) in [5, 5.41) is 1.36. The molecule has 19 heavy (non-hydrogen) atoms. The van der Waals surface area contributed by atoms with E-state index in [9.17, 15) is 0 Å². The smallest absolute Gasteiger partial charge is 0.140 e. The summed E-state index contributed by atoms with van der Waals surface area (Å²) in [6, 6.07) is 5.99. The molecule has 0 spiro atoms. The number of aromatic nitrogens is 2. The summed E-state index contributed by atoms with van der Waals surface area (Å²) in [6.07, 6.45) is 7.05. The van der Waals surface area contributed by atoms with Crippen molar-refractivity contribution in [2.45, 2.75) is 4.90 Å². The lowest BCUT2D eigenvalue weighted by Gasteiger charge is -2.04. The fourth-order valence-electron chi connectivity index (χ4n) is 1.59. The highest BCUT2D eigenvalue weighted by atomic mass is 35.5. The fraction of sp³-hybridized carbons (Fsp3) is 0.0667. The van der Waals surface area contributed by atoms with Gasteiger partial charge in [0.25, 0.3) is 0 Å². The highest BCUT2D eigenvalue weighted by molar-refractivity contribution is 7.99. The highest BCUT2D eigenvalue weighted by Crippen LogP contribution is 2.26. The minimum atomic E-state index is 0.486. The standard InChI is InChI=1S/C15H13ClN2S/c1-3-5-11(4-2)9-19-12-6-7-13-14(8-12)17-10-18-15(13)16/h3-8,10H,1-2,9H2/b11-5+. The number of hydrogen-bond acceptors (Lipinski definition) is 3. The molecule has 2 nitrogen and oxygen atoms in total. The number of halogens is 1. The van der Waals surface area contributed by atoms with Crippen LogP contribution in [0.4, 0.5) is 0 Å². The van der Waals surface area contributed by atoms with E-state index in [2.05, 4.69) is 23.1 Å². The summed E-state index contributed by atoms with van der Waals surface area (Å²) < 4.78 is 0. The Morgan fingerprint density at radius 2 is 2.16 bits per heavy atom. The number of hydrogen-bond donors (Lipinski definition) is 0. The Labute approximate surface area is 121 Å². The van der Waals surface area contributed by atoms with Crippen molar-refractivity contribution < 1.29 is 0 Å². The van der Waals surface area contributed by atoms with Gasteiger partial charge in [-0.05, 0) is 23.8 Å². The molecule has 2 aromatic rings. The molecule has 0 radical (unpaired) electrons. The van der Waals surface area contributed by atoms with Crippen LogP contribution in [0.2, 0.25) is 5.15 Å². The molecule has 4 heteroatoms. The van der Waals surface area contributed by atoms with Crippen molar-refractivity contribution in [1.29, 1.82) is 0 Å². The molecule has 0 aliphatic rings. The third-order valence-electron chi connectivity index (χ3n) is 2.56. The summed E-state index contributed by atoms with van der Waals surface area (Å²) in [6.45, 7) is 7.48. The molecule has 0 aliphatic carbocycles. The van der Waals surface area contributed by atoms with Crippen LogP contribution in [0.5, 0.6) is 0 Å². The highest BCUT2D eigenvalue weighted by Gasteiger charge is 2.03. The molecular weight excluding hydrogens is 276 g/mol. The Hall–Kier alpha value is -1.58. The molecule has 1 aromatic carbocycles. The van der Waals surface area contributed by atoms with Crippen molar-refractivity contribution in [2.75, 3.05) is 5.75 Å². The van der Waals surface area contributed by atoms with Crippen molar-refractivity contribution in [3.8, 4) is 0 Å². The number of nitrogens with zero attached hydrogens (tertiary/aromatic N) is 2. The first-order chi connectivity index (χ1) is 9.24. The van der Waals surface area contributed by atoms with Crippen molar-refractivity contribution >= 4 is 34.3 Å². The van der Waals surface area contributed by atoms with E-state index in [-0.39, 0.29) is 0 Å². The SMILES string of the molecule is C=C/C=C(\C=C)CSc1ccc2c(Cl)ncnc2c1. The first-order valence-electron chi connectivity index (χ1n) is 5.71. The summed E-state index contributed by atoms with van der Waals surface area (Å²) in [5.74, 6) is 0.847. The summed E-state index contributed by atoms with van der Waals surface area (Å²) in [5.41, 5.74) is 2.00. The Morgan fingerprint density at radius 1 is 1.32 bits per heavy atom. The lowest BCUT2D eigenvalue weighted by molar-refractivity contribution is 1.21. The molecule has 0 saturated carbocycles. The predicted octanol–water partition coefficient (Wildman–Crippen LogP) is 4.67. The number of fused-ring (bicyclic) bond motifs is 1. The van der Waals surface area contributed by atoms with Gasteiger partial charge in [-0.15, -0.1) is 11.8 Å². The number of benzene rings is 1. The van der Waals surface area contributed by atoms with Gasteiger partial charge < -0.3 is 0 Å². The maximum atomic E-state index is 6.01. The third-order valence-corrected chi connectivity index (χ3v) is 3.93. The molecule has 0 fully saturated rings. The van der Waals surface area contributed by atoms with Crippen LogP contribution >= 0.6 is 23.4 Å². The van der Waals surface area contributed by atoms with E-state index in [1.54, 1.807) is 17.8 Å². The van der Waals surface area contributed by atoms with E-state index in [0.29, 0.717) is 5.15 Å². The summed E-state index contributed by atoms with van der Waals surface area (Å²) >= 11 is 7.73. The van der Waals surface area contributed by atoms with Crippen LogP contribution in [-0.2, 0) is 0 Å². The number of thioether (sulfide) groups is 1. The molecule has 2 rings (SSSR count). The van der Waals surface area contributed by atoms with Crippen LogP contribution in [0.15, 0.2) is 66.4 Å². The van der Waals surface area contributed by atoms with Gasteiger partial charge >= 0.3 is 0 Å². The molecule has 0 amide bonds. The van der Waals surface area contributed by atoms with Crippen LogP contribution in [-0.4, -0.2) is 15.7 Å². The van der Waals surface area contributed by atoms with Crippen molar-refractivity contribution in [3.63, 3.8) is 0 Å². The minimum Gasteiger partial charge on any atom is -0.236 e. The molecule has 1 heterocycles. The molecule has 1 aromatic heterocycles. The van der Waals surface area contributed by atoms with Gasteiger partial charge in [0.1, 0.15) is 11.5 Å². The first-order valence-corrected chi connectivity index (χ1v) is 7.08. The second kappa shape index (κ2) is 6.55. The zero-order valence-electron chi connectivity index (χ0n) is 10.3. The van der Waals surface area contributed by atoms with Gasteiger partial charge in [-0.3, -0.25) is 0 Å². The van der Waals surface area contributed by atoms with Crippen molar-refractivity contribution in [2.24, 2.45) is 0 Å². The monoisotopic (exact) mass is 288 g/mol. The number of allylic oxidation sites excluding steroid dienone is 3. The lowest BCUT2D eigenvalue weighted by atomic mass is 10.2. The van der Waals surface area contributed by atoms with Gasteiger partial charge in [-0.25, -0.2) is 9.97 Å². The fourth-order valence-corrected chi connectivity index (χ4v) is 2.70. The lowest BCUT2D eigenvalue weighted by Crippen LogP contribution is -1.86. The Bertz CT molecular complexity index is 650. The quantitative estimate of drug-likeness (QED) is 0.454. The van der Waals surface area contributed by atoms with E-state index in [0.717, 1.165) is 27.1 Å². The van der Waals surface area contributed by atoms with E-state index in [1.807, 2.05) is 30.4 Å². The first kappa shape index (κ1) is 13.8. The topological polar surface area (TPSA) is 25.8 Å². The van der Waals surface area contributed by atoms with Crippen molar-refractivity contribution in [1.82, 2.24) is 9.97 Å². The second-order valence-electron chi connectivity index (χ2n) is 3.81. The maximum absolute atomic E-state index is 6.01. The summed E-state index contributed by atoms with van der Waals surface area (Å²) in [7, 11) is 0. The maximum Gasteiger partial charge on any atom is 0.140 e. The van der Waals surface area contributed by atoms with Gasteiger partial charge in [-0.2, -0.15) is 0 Å². The largest absolute Gasteiger partial charge is 0.236 e. The molecule has 0 bridgehead atoms. The predicted molar refractivity (Wildman–Crippen MR) is 83.7 cm³/mol. The zero-order chi connectivity index (χ0) is 13.7. The molecule has 0 atom stereocenters. The van der Waals surface area contributed by atoms with Gasteiger partial charge in [0.15, 0.2) is 0 Å². The van der Waals surface area contributed by atoms with Gasteiger partial charge in [0.05, 0.1) is 5.52 Å². The Balaban J connectivity index is 2.20. The average Bonchev–Trinajstić information content (AvgIpc) is 2.43. The van der Waals surface area contributed by atoms with Crippen LogP contribution in [0.1, 0.15) is 0 Å². The Kier molecular flexibility index (Phi) is 4.77. The zero-order valence-corrected chi connectivity index (χ0v) is 11.9. The van der Waals surface area contributed by atoms with Crippen LogP contribution < -0.4 is 0 Å². The summed E-state index contributed by atoms with van der Waals surface area (Å²) in [4.78, 5) is 9.33. The van der Waals surface area contributed by atoms with Gasteiger partial charge in [-0.1, -0.05) is 43.0 Å². The normalized spacial score (nSPS) is 11.5. The molecule has 96 valence electrons. The van der Waals surface area contributed by atoms with Crippen molar-refractivity contribution in [3.05, 3.63) is 66.6 Å². The van der Waals surface area contributed by atoms with Crippen LogP contribution in [0, 0.1) is 0 Å². The molecule has 0 unspecified atom stereocenters. The third kappa shape index (κ3) is 3.46. The minimum absolute atomic E-state index is 0.486.